The standard InChI is InChI=1S/C11H13N3O2.ClH/c12-8(6-15)11-13-5-9(14-11)7-3-1-2-4-10(7)16;/h1-5,8,15-16H,6,12H2,(H,13,14);1H. The van der Waals surface area contributed by atoms with Crippen LogP contribution in [0.25, 0.3) is 11.3 Å². The maximum atomic E-state index is 9.64. The van der Waals surface area contributed by atoms with Crippen molar-refractivity contribution in [1.82, 2.24) is 9.97 Å². The van der Waals surface area contributed by atoms with Gasteiger partial charge in [-0.3, -0.25) is 0 Å². The Balaban J connectivity index is 0.00000144. The summed E-state index contributed by atoms with van der Waals surface area (Å²) in [5, 5.41) is 18.5. The summed E-state index contributed by atoms with van der Waals surface area (Å²) in [7, 11) is 0. The number of hydrogen-bond donors (Lipinski definition) is 4. The highest BCUT2D eigenvalue weighted by Crippen LogP contribution is 2.27. The number of aromatic amines is 1. The number of phenols is 1. The minimum Gasteiger partial charge on any atom is -0.507 e. The Morgan fingerprint density at radius 3 is 2.71 bits per heavy atom. The van der Waals surface area contributed by atoms with Crippen molar-refractivity contribution >= 4 is 12.4 Å². The zero-order chi connectivity index (χ0) is 11.5. The van der Waals surface area contributed by atoms with Crippen LogP contribution in [0.5, 0.6) is 5.75 Å². The molecule has 0 amide bonds. The van der Waals surface area contributed by atoms with Gasteiger partial charge in [0.2, 0.25) is 0 Å². The fourth-order valence-corrected chi connectivity index (χ4v) is 1.45. The maximum Gasteiger partial charge on any atom is 0.125 e. The van der Waals surface area contributed by atoms with Crippen LogP contribution in [0.3, 0.4) is 0 Å². The molecule has 5 nitrogen and oxygen atoms in total. The van der Waals surface area contributed by atoms with Gasteiger partial charge in [-0.15, -0.1) is 12.4 Å². The average molecular weight is 256 g/mol. The summed E-state index contributed by atoms with van der Waals surface area (Å²) in [5.74, 6) is 0.677. The Morgan fingerprint density at radius 1 is 1.35 bits per heavy atom. The number of nitrogens with zero attached hydrogens (tertiary/aromatic N) is 1. The summed E-state index contributed by atoms with van der Waals surface area (Å²) in [6.45, 7) is -0.173. The largest absolute Gasteiger partial charge is 0.507 e. The van der Waals surface area contributed by atoms with Crippen LogP contribution in [-0.2, 0) is 0 Å². The second-order valence-corrected chi connectivity index (χ2v) is 3.49. The third kappa shape index (κ3) is 2.76. The third-order valence-corrected chi connectivity index (χ3v) is 2.34. The number of imidazole rings is 1. The number of aliphatic hydroxyl groups excluding tert-OH is 1. The predicted octanol–water partition coefficient (Wildman–Crippen LogP) is 1.20. The number of H-pyrrole nitrogens is 1. The predicted molar refractivity (Wildman–Crippen MR) is 67.0 cm³/mol. The summed E-state index contributed by atoms with van der Waals surface area (Å²) in [6, 6.07) is 6.41. The second-order valence-electron chi connectivity index (χ2n) is 3.49. The van der Waals surface area contributed by atoms with Crippen molar-refractivity contribution in [3.8, 4) is 17.0 Å². The van der Waals surface area contributed by atoms with E-state index >= 15 is 0 Å². The topological polar surface area (TPSA) is 95.2 Å². The molecule has 92 valence electrons. The fourth-order valence-electron chi connectivity index (χ4n) is 1.45. The van der Waals surface area contributed by atoms with Gasteiger partial charge in [0.1, 0.15) is 11.6 Å². The molecule has 0 bridgehead atoms. The summed E-state index contributed by atoms with van der Waals surface area (Å²) in [5.41, 5.74) is 6.95. The third-order valence-electron chi connectivity index (χ3n) is 2.34. The van der Waals surface area contributed by atoms with E-state index in [2.05, 4.69) is 9.97 Å². The number of aromatic nitrogens is 2. The molecule has 1 unspecified atom stereocenters. The SMILES string of the molecule is Cl.NC(CO)c1ncc(-c2ccccc2O)[nH]1. The molecule has 0 spiro atoms. The Morgan fingerprint density at radius 2 is 2.06 bits per heavy atom. The van der Waals surface area contributed by atoms with Gasteiger partial charge >= 0.3 is 0 Å². The number of halogens is 1. The summed E-state index contributed by atoms with van der Waals surface area (Å²) in [4.78, 5) is 7.02. The number of benzene rings is 1. The van der Waals surface area contributed by atoms with Crippen LogP contribution < -0.4 is 5.73 Å². The summed E-state index contributed by atoms with van der Waals surface area (Å²) in [6.07, 6.45) is 1.58. The van der Waals surface area contributed by atoms with E-state index < -0.39 is 6.04 Å². The normalized spacial score (nSPS) is 11.9. The van der Waals surface area contributed by atoms with Gasteiger partial charge in [0.25, 0.3) is 0 Å². The summed E-state index contributed by atoms with van der Waals surface area (Å²) >= 11 is 0. The molecule has 0 saturated carbocycles. The van der Waals surface area contributed by atoms with E-state index in [1.54, 1.807) is 24.4 Å². The molecule has 0 aliphatic heterocycles. The average Bonchev–Trinajstić information content (AvgIpc) is 2.78. The van der Waals surface area contributed by atoms with Gasteiger partial charge in [-0.05, 0) is 12.1 Å². The Bertz CT molecular complexity index is 487. The number of para-hydroxylation sites is 1. The number of aliphatic hydroxyl groups is 1. The number of rotatable bonds is 3. The molecular weight excluding hydrogens is 242 g/mol. The van der Waals surface area contributed by atoms with E-state index in [9.17, 15) is 5.11 Å². The van der Waals surface area contributed by atoms with E-state index in [1.807, 2.05) is 6.07 Å². The van der Waals surface area contributed by atoms with Crippen LogP contribution in [0.15, 0.2) is 30.5 Å². The lowest BCUT2D eigenvalue weighted by atomic mass is 10.1. The molecule has 5 N–H and O–H groups in total. The van der Waals surface area contributed by atoms with E-state index in [0.29, 0.717) is 17.1 Å². The van der Waals surface area contributed by atoms with Crippen LogP contribution in [0.1, 0.15) is 11.9 Å². The van der Waals surface area contributed by atoms with Gasteiger partial charge < -0.3 is 20.9 Å². The van der Waals surface area contributed by atoms with Gasteiger partial charge in [-0.2, -0.15) is 0 Å². The maximum absolute atomic E-state index is 9.64. The van der Waals surface area contributed by atoms with Gasteiger partial charge in [0, 0.05) is 5.56 Å². The zero-order valence-corrected chi connectivity index (χ0v) is 9.81. The lowest BCUT2D eigenvalue weighted by Crippen LogP contribution is -2.15. The van der Waals surface area contributed by atoms with Crippen LogP contribution >= 0.6 is 12.4 Å². The Hall–Kier alpha value is -1.56. The Labute approximate surface area is 105 Å². The van der Waals surface area contributed by atoms with Crippen LogP contribution in [0, 0.1) is 0 Å². The van der Waals surface area contributed by atoms with Crippen LogP contribution in [-0.4, -0.2) is 26.8 Å². The Kier molecular flexibility index (Phi) is 4.51. The first-order valence-electron chi connectivity index (χ1n) is 4.92. The van der Waals surface area contributed by atoms with E-state index in [4.69, 9.17) is 10.8 Å². The highest BCUT2D eigenvalue weighted by molar-refractivity contribution is 5.85. The molecule has 17 heavy (non-hydrogen) atoms. The van der Waals surface area contributed by atoms with Crippen molar-refractivity contribution in [2.24, 2.45) is 5.73 Å². The molecule has 1 heterocycles. The number of aromatic hydroxyl groups is 1. The number of nitrogens with one attached hydrogen (secondary N) is 1. The smallest absolute Gasteiger partial charge is 0.125 e. The highest BCUT2D eigenvalue weighted by atomic mass is 35.5. The first-order chi connectivity index (χ1) is 7.72. The molecule has 1 atom stereocenters. The monoisotopic (exact) mass is 255 g/mol. The van der Waals surface area contributed by atoms with Gasteiger partial charge in [-0.25, -0.2) is 4.98 Å². The van der Waals surface area contributed by atoms with Crippen molar-refractivity contribution in [3.05, 3.63) is 36.3 Å². The number of nitrogens with two attached hydrogens (primary N) is 1. The highest BCUT2D eigenvalue weighted by Gasteiger charge is 2.11. The molecule has 1 aromatic carbocycles. The molecule has 0 aliphatic rings. The molecule has 0 saturated heterocycles. The van der Waals surface area contributed by atoms with Crippen LogP contribution in [0.4, 0.5) is 0 Å². The number of hydrogen-bond acceptors (Lipinski definition) is 4. The minimum absolute atomic E-state index is 0. The van der Waals surface area contributed by atoms with E-state index in [0.717, 1.165) is 0 Å². The van der Waals surface area contributed by atoms with Crippen molar-refractivity contribution in [2.45, 2.75) is 6.04 Å². The van der Waals surface area contributed by atoms with Crippen molar-refractivity contribution in [3.63, 3.8) is 0 Å². The molecule has 1 aromatic heterocycles. The van der Waals surface area contributed by atoms with E-state index in [1.165, 1.54) is 0 Å². The van der Waals surface area contributed by atoms with Gasteiger partial charge in [0.05, 0.1) is 24.5 Å². The van der Waals surface area contributed by atoms with Crippen molar-refractivity contribution in [2.75, 3.05) is 6.61 Å². The minimum atomic E-state index is -0.528. The number of phenolic OH excluding ortho intramolecular Hbond substituents is 1. The quantitative estimate of drug-likeness (QED) is 0.663. The van der Waals surface area contributed by atoms with Crippen LogP contribution in [0.2, 0.25) is 0 Å². The van der Waals surface area contributed by atoms with Gasteiger partial charge in [0.15, 0.2) is 0 Å². The zero-order valence-electron chi connectivity index (χ0n) is 9.00. The molecule has 0 radical (unpaired) electrons. The fraction of sp³-hybridized carbons (Fsp3) is 0.182. The van der Waals surface area contributed by atoms with Crippen molar-refractivity contribution in [1.29, 1.82) is 0 Å². The summed E-state index contributed by atoms with van der Waals surface area (Å²) < 4.78 is 0. The van der Waals surface area contributed by atoms with E-state index in [-0.39, 0.29) is 24.8 Å². The van der Waals surface area contributed by atoms with Gasteiger partial charge in [-0.1, -0.05) is 12.1 Å². The second kappa shape index (κ2) is 5.67. The lowest BCUT2D eigenvalue weighted by molar-refractivity contribution is 0.264. The first-order valence-corrected chi connectivity index (χ1v) is 4.92. The molecule has 6 heteroatoms. The first kappa shape index (κ1) is 13.5. The molecule has 0 aliphatic carbocycles. The molecule has 2 rings (SSSR count). The van der Waals surface area contributed by atoms with Crippen molar-refractivity contribution < 1.29 is 10.2 Å². The molecular formula is C11H14ClN3O2. The molecule has 0 fully saturated rings. The lowest BCUT2D eigenvalue weighted by Gasteiger charge is -2.03. The molecule has 2 aromatic rings.